The Balaban J connectivity index is 2.48. The summed E-state index contributed by atoms with van der Waals surface area (Å²) < 4.78 is 27.9. The van der Waals surface area contributed by atoms with Crippen LogP contribution in [0.2, 0.25) is 0 Å². The molecule has 114 valence electrons. The number of nitrogens with zero attached hydrogens (tertiary/aromatic N) is 2. The second-order valence-electron chi connectivity index (χ2n) is 4.39. The molecule has 0 aliphatic heterocycles. The van der Waals surface area contributed by atoms with Crippen LogP contribution >= 0.6 is 11.6 Å². The van der Waals surface area contributed by atoms with Crippen molar-refractivity contribution in [3.8, 4) is 0 Å². The van der Waals surface area contributed by atoms with E-state index in [2.05, 4.69) is 4.40 Å². The van der Waals surface area contributed by atoms with Gasteiger partial charge in [0.2, 0.25) is 0 Å². The lowest BCUT2D eigenvalue weighted by Crippen LogP contribution is -2.07. The molecular weight excluding hydrogens is 332 g/mol. The molecule has 1 aliphatic rings. The number of carbonyl (C=O) groups is 1. The van der Waals surface area contributed by atoms with Crippen molar-refractivity contribution < 1.29 is 18.1 Å². The molecule has 0 bridgehead atoms. The van der Waals surface area contributed by atoms with E-state index in [0.29, 0.717) is 5.56 Å². The number of carbonyl (C=O) groups excluding carboxylic acids is 1. The van der Waals surface area contributed by atoms with E-state index in [9.17, 15) is 23.3 Å². The maximum Gasteiger partial charge on any atom is 0.283 e. The van der Waals surface area contributed by atoms with Gasteiger partial charge in [-0.1, -0.05) is 17.7 Å². The number of nitro benzene ring substituents is 1. The van der Waals surface area contributed by atoms with E-state index in [1.165, 1.54) is 25.1 Å². The lowest BCUT2D eigenvalue weighted by atomic mass is 10.2. The fourth-order valence-electron chi connectivity index (χ4n) is 1.68. The molecule has 0 saturated heterocycles. The predicted molar refractivity (Wildman–Crippen MR) is 80.5 cm³/mol. The first-order valence-corrected chi connectivity index (χ1v) is 7.72. The Kier molecular flexibility index (Phi) is 4.25. The molecule has 0 N–H and O–H groups in total. The van der Waals surface area contributed by atoms with Gasteiger partial charge in [-0.25, -0.2) is 0 Å². The monoisotopic (exact) mass is 340 g/mol. The fourth-order valence-corrected chi connectivity index (χ4v) is 2.86. The molecule has 0 fully saturated rings. The van der Waals surface area contributed by atoms with Crippen LogP contribution < -0.4 is 0 Å². The normalized spacial score (nSPS) is 16.7. The second-order valence-corrected chi connectivity index (χ2v) is 6.40. The molecule has 22 heavy (non-hydrogen) atoms. The molecule has 0 radical (unpaired) electrons. The maximum atomic E-state index is 12.2. The Morgan fingerprint density at radius 2 is 1.95 bits per heavy atom. The minimum atomic E-state index is -4.16. The van der Waals surface area contributed by atoms with Crippen molar-refractivity contribution in [1.82, 2.24) is 0 Å². The third-order valence-corrected chi connectivity index (χ3v) is 4.41. The average Bonchev–Trinajstić information content (AvgIpc) is 2.42. The van der Waals surface area contributed by atoms with Gasteiger partial charge in [0.25, 0.3) is 15.7 Å². The van der Waals surface area contributed by atoms with Crippen LogP contribution in [0, 0.1) is 17.0 Å². The first-order valence-electron chi connectivity index (χ1n) is 5.90. The van der Waals surface area contributed by atoms with Gasteiger partial charge in [-0.05, 0) is 31.2 Å². The van der Waals surface area contributed by atoms with E-state index < -0.39 is 20.7 Å². The smallest absolute Gasteiger partial charge is 0.283 e. The number of nitro groups is 1. The lowest BCUT2D eigenvalue weighted by Gasteiger charge is -2.04. The molecule has 0 spiro atoms. The number of rotatable bonds is 3. The molecule has 0 heterocycles. The number of halogens is 1. The summed E-state index contributed by atoms with van der Waals surface area (Å²) in [6, 6.07) is 3.50. The Bertz CT molecular complexity index is 868. The molecule has 1 aliphatic carbocycles. The summed E-state index contributed by atoms with van der Waals surface area (Å²) in [6.45, 7) is 1.50. The maximum absolute atomic E-state index is 12.2. The molecule has 0 aromatic heterocycles. The first-order chi connectivity index (χ1) is 10.2. The number of ketones is 1. The van der Waals surface area contributed by atoms with Crippen molar-refractivity contribution in [3.63, 3.8) is 0 Å². The fraction of sp³-hybridized carbons (Fsp3) is 0.0769. The highest BCUT2D eigenvalue weighted by Crippen LogP contribution is 2.24. The van der Waals surface area contributed by atoms with Crippen LogP contribution in [-0.2, 0) is 14.8 Å². The summed E-state index contributed by atoms with van der Waals surface area (Å²) in [6.07, 6.45) is 3.41. The van der Waals surface area contributed by atoms with Gasteiger partial charge in [0.1, 0.15) is 0 Å². The zero-order chi connectivity index (χ0) is 16.5. The van der Waals surface area contributed by atoms with Gasteiger partial charge in [-0.15, -0.1) is 0 Å². The molecule has 1 aromatic rings. The quantitative estimate of drug-likeness (QED) is 0.476. The van der Waals surface area contributed by atoms with E-state index in [0.717, 1.165) is 18.2 Å². The van der Waals surface area contributed by atoms with E-state index in [4.69, 9.17) is 11.6 Å². The molecule has 0 unspecified atom stereocenters. The molecule has 9 heteroatoms. The highest BCUT2D eigenvalue weighted by Gasteiger charge is 2.20. The predicted octanol–water partition coefficient (Wildman–Crippen LogP) is 2.29. The number of aryl methyl sites for hydroxylation is 1. The van der Waals surface area contributed by atoms with Crippen LogP contribution in [-0.4, -0.2) is 24.8 Å². The zero-order valence-corrected chi connectivity index (χ0v) is 12.8. The minimum absolute atomic E-state index is 0.0344. The Morgan fingerprint density at radius 1 is 1.27 bits per heavy atom. The number of allylic oxidation sites excluding steroid dienone is 4. The van der Waals surface area contributed by atoms with Crippen molar-refractivity contribution in [1.29, 1.82) is 0 Å². The summed E-state index contributed by atoms with van der Waals surface area (Å²) in [5.41, 5.74) is -0.0141. The van der Waals surface area contributed by atoms with E-state index in [1.54, 1.807) is 0 Å². The molecule has 0 amide bonds. The van der Waals surface area contributed by atoms with E-state index in [1.807, 2.05) is 0 Å². The van der Waals surface area contributed by atoms with Gasteiger partial charge < -0.3 is 0 Å². The summed E-state index contributed by atoms with van der Waals surface area (Å²) in [7, 11) is -4.16. The second kappa shape index (κ2) is 5.82. The molecule has 0 saturated carbocycles. The molecule has 1 aromatic carbocycles. The van der Waals surface area contributed by atoms with Crippen LogP contribution in [0.3, 0.4) is 0 Å². The van der Waals surface area contributed by atoms with E-state index >= 15 is 0 Å². The van der Waals surface area contributed by atoms with Crippen molar-refractivity contribution in [2.75, 3.05) is 0 Å². The molecule has 2 rings (SSSR count). The average molecular weight is 341 g/mol. The molecule has 7 nitrogen and oxygen atoms in total. The topological polar surface area (TPSA) is 107 Å². The summed E-state index contributed by atoms with van der Waals surface area (Å²) in [5, 5.41) is 10.7. The van der Waals surface area contributed by atoms with Crippen LogP contribution in [0.15, 0.2) is 50.8 Å². The van der Waals surface area contributed by atoms with Crippen LogP contribution in [0.1, 0.15) is 5.56 Å². The minimum Gasteiger partial charge on any atom is -0.288 e. The highest BCUT2D eigenvalue weighted by molar-refractivity contribution is 7.90. The highest BCUT2D eigenvalue weighted by atomic mass is 35.5. The van der Waals surface area contributed by atoms with Crippen molar-refractivity contribution in [2.45, 2.75) is 11.8 Å². The summed E-state index contributed by atoms with van der Waals surface area (Å²) in [4.78, 5) is 21.1. The van der Waals surface area contributed by atoms with Gasteiger partial charge in [0.05, 0.1) is 20.6 Å². The van der Waals surface area contributed by atoms with Gasteiger partial charge in [-0.3, -0.25) is 14.9 Å². The third kappa shape index (κ3) is 3.29. The lowest BCUT2D eigenvalue weighted by molar-refractivity contribution is -0.385. The molecule has 0 atom stereocenters. The summed E-state index contributed by atoms with van der Waals surface area (Å²) >= 11 is 5.62. The summed E-state index contributed by atoms with van der Waals surface area (Å²) in [5.74, 6) is -0.455. The van der Waals surface area contributed by atoms with Gasteiger partial charge in [0, 0.05) is 11.6 Å². The Labute approximate surface area is 130 Å². The Hall–Kier alpha value is -2.32. The standard InChI is InChI=1S/C13H9ClN2O5S/c1-8-2-4-10(7-12(8)16(18)19)22(20,21)15-9-3-5-13(17)11(14)6-9/h2-7H,1H3. The Morgan fingerprint density at radius 3 is 2.55 bits per heavy atom. The number of benzene rings is 1. The first kappa shape index (κ1) is 16.1. The van der Waals surface area contributed by atoms with Crippen LogP contribution in [0.5, 0.6) is 0 Å². The SMILES string of the molecule is Cc1ccc(S(=O)(=O)N=C2C=CC(=O)C(Cl)=C2)cc1[N+](=O)[O-]. The number of sulfonamides is 1. The third-order valence-electron chi connectivity index (χ3n) is 2.82. The van der Waals surface area contributed by atoms with Crippen molar-refractivity contribution in [2.24, 2.45) is 4.40 Å². The van der Waals surface area contributed by atoms with E-state index in [-0.39, 0.29) is 21.3 Å². The van der Waals surface area contributed by atoms with Crippen LogP contribution in [0.4, 0.5) is 5.69 Å². The van der Waals surface area contributed by atoms with Crippen molar-refractivity contribution >= 4 is 38.8 Å². The van der Waals surface area contributed by atoms with Crippen molar-refractivity contribution in [3.05, 3.63) is 57.1 Å². The number of hydrogen-bond donors (Lipinski definition) is 0. The van der Waals surface area contributed by atoms with Gasteiger partial charge >= 0.3 is 0 Å². The zero-order valence-electron chi connectivity index (χ0n) is 11.2. The van der Waals surface area contributed by atoms with Gasteiger partial charge in [-0.2, -0.15) is 12.8 Å². The van der Waals surface area contributed by atoms with Crippen LogP contribution in [0.25, 0.3) is 0 Å². The number of hydrogen-bond acceptors (Lipinski definition) is 5. The van der Waals surface area contributed by atoms with Gasteiger partial charge in [0.15, 0.2) is 5.78 Å². The largest absolute Gasteiger partial charge is 0.288 e. The molecular formula is C13H9ClN2O5S.